The van der Waals surface area contributed by atoms with Crippen molar-refractivity contribution in [2.75, 3.05) is 11.8 Å². The highest BCUT2D eigenvalue weighted by molar-refractivity contribution is 8.15. The Hall–Kier alpha value is -2.43. The zero-order valence-electron chi connectivity index (χ0n) is 13.2. The van der Waals surface area contributed by atoms with Crippen LogP contribution in [-0.4, -0.2) is 26.8 Å². The van der Waals surface area contributed by atoms with E-state index >= 15 is 0 Å². The van der Waals surface area contributed by atoms with Crippen LogP contribution in [0.1, 0.15) is 0 Å². The van der Waals surface area contributed by atoms with E-state index in [1.54, 1.807) is 18.2 Å². The number of benzene rings is 2. The molecular weight excluding hydrogens is 402 g/mol. The number of ether oxygens (including phenoxy) is 1. The fraction of sp³-hybridized carbons (Fsp3) is 0.0667. The van der Waals surface area contributed by atoms with Gasteiger partial charge in [0.15, 0.2) is 5.17 Å². The zero-order chi connectivity index (χ0) is 18.7. The minimum atomic E-state index is -4.08. The fourth-order valence-electron chi connectivity index (χ4n) is 1.99. The fourth-order valence-corrected chi connectivity index (χ4v) is 4.06. The second-order valence-electron chi connectivity index (χ2n) is 4.88. The highest BCUT2D eigenvalue weighted by atomic mass is 35.5. The molecule has 136 valence electrons. The molecule has 2 N–H and O–H groups in total. The molecule has 1 aliphatic rings. The molecule has 0 aromatic heterocycles. The molecule has 3 rings (SSSR count). The molecule has 2 aromatic carbocycles. The second-order valence-corrected chi connectivity index (χ2v) is 7.60. The van der Waals surface area contributed by atoms with Gasteiger partial charge >= 0.3 is 16.2 Å². The summed E-state index contributed by atoms with van der Waals surface area (Å²) in [6.07, 6.45) is -0.646. The Labute approximate surface area is 158 Å². The number of anilines is 1. The minimum Gasteiger partial charge on any atom is -0.453 e. The van der Waals surface area contributed by atoms with Crippen molar-refractivity contribution >= 4 is 56.3 Å². The van der Waals surface area contributed by atoms with Crippen molar-refractivity contribution in [2.24, 2.45) is 4.99 Å². The van der Waals surface area contributed by atoms with E-state index in [0.29, 0.717) is 16.5 Å². The zero-order valence-corrected chi connectivity index (χ0v) is 15.6. The maximum absolute atomic E-state index is 12.4. The van der Waals surface area contributed by atoms with E-state index in [2.05, 4.69) is 19.8 Å². The number of aliphatic imine (C=N–C) groups is 1. The number of carbonyl (C=O) groups excluding carboxylic acids is 1. The minimum absolute atomic E-state index is 0.0715. The molecule has 0 atom stereocenters. The molecule has 8 nitrogen and oxygen atoms in total. The number of amidine groups is 1. The predicted octanol–water partition coefficient (Wildman–Crippen LogP) is 3.52. The van der Waals surface area contributed by atoms with Crippen LogP contribution in [0, 0.1) is 0 Å². The molecule has 1 amide bonds. The molecule has 0 bridgehead atoms. The Kier molecular flexibility index (Phi) is 5.25. The van der Waals surface area contributed by atoms with Crippen molar-refractivity contribution in [3.8, 4) is 5.75 Å². The Morgan fingerprint density at radius 2 is 2.04 bits per heavy atom. The Morgan fingerprint density at radius 3 is 2.77 bits per heavy atom. The average Bonchev–Trinajstić information content (AvgIpc) is 2.61. The van der Waals surface area contributed by atoms with Crippen molar-refractivity contribution in [3.05, 3.63) is 47.5 Å². The van der Waals surface area contributed by atoms with E-state index in [0.717, 1.165) is 11.9 Å². The molecule has 2 aromatic rings. The Morgan fingerprint density at radius 1 is 1.27 bits per heavy atom. The quantitative estimate of drug-likeness (QED) is 0.585. The number of fused-ring (bicyclic) bond motifs is 1. The number of hydrogen-bond donors (Lipinski definition) is 2. The van der Waals surface area contributed by atoms with Gasteiger partial charge in [-0.1, -0.05) is 23.7 Å². The van der Waals surface area contributed by atoms with Gasteiger partial charge in [-0.15, -0.1) is 0 Å². The highest BCUT2D eigenvalue weighted by Crippen LogP contribution is 2.36. The van der Waals surface area contributed by atoms with Crippen LogP contribution in [-0.2, 0) is 14.9 Å². The largest absolute Gasteiger partial charge is 0.453 e. The van der Waals surface area contributed by atoms with Gasteiger partial charge in [-0.2, -0.15) is 8.42 Å². The molecule has 0 unspecified atom stereocenters. The maximum atomic E-state index is 12.4. The van der Waals surface area contributed by atoms with E-state index in [4.69, 9.17) is 15.8 Å². The van der Waals surface area contributed by atoms with Crippen molar-refractivity contribution in [2.45, 2.75) is 4.90 Å². The summed E-state index contributed by atoms with van der Waals surface area (Å²) in [5, 5.41) is 2.80. The molecule has 1 aliphatic heterocycles. The lowest BCUT2D eigenvalue weighted by molar-refractivity contribution is 0.177. The van der Waals surface area contributed by atoms with Crippen molar-refractivity contribution in [3.63, 3.8) is 0 Å². The first-order valence-electron chi connectivity index (χ1n) is 7.08. The van der Waals surface area contributed by atoms with Crippen LogP contribution < -0.4 is 14.2 Å². The number of hydrogen-bond acceptors (Lipinski definition) is 8. The highest BCUT2D eigenvalue weighted by Gasteiger charge is 2.21. The molecule has 0 spiro atoms. The van der Waals surface area contributed by atoms with Gasteiger partial charge in [-0.05, 0) is 24.3 Å². The molecule has 0 saturated heterocycles. The molecule has 26 heavy (non-hydrogen) atoms. The van der Waals surface area contributed by atoms with Crippen molar-refractivity contribution in [1.82, 2.24) is 5.32 Å². The van der Waals surface area contributed by atoms with Gasteiger partial charge in [-0.3, -0.25) is 5.32 Å². The van der Waals surface area contributed by atoms with Gasteiger partial charge in [0, 0.05) is 18.0 Å². The SMILES string of the molecule is COC(=O)NC1=Nc2ccc(OS(=O)(=O)c3ccccc3Cl)cc2NS1. The van der Waals surface area contributed by atoms with Gasteiger partial charge in [0.1, 0.15) is 10.6 Å². The summed E-state index contributed by atoms with van der Waals surface area (Å²) in [7, 11) is -2.83. The molecule has 0 radical (unpaired) electrons. The number of methoxy groups -OCH3 is 1. The third-order valence-electron chi connectivity index (χ3n) is 3.15. The van der Waals surface area contributed by atoms with Crippen LogP contribution in [0.3, 0.4) is 0 Å². The van der Waals surface area contributed by atoms with E-state index in [9.17, 15) is 13.2 Å². The lowest BCUT2D eigenvalue weighted by atomic mass is 10.2. The third-order valence-corrected chi connectivity index (χ3v) is 5.61. The summed E-state index contributed by atoms with van der Waals surface area (Å²) in [5.74, 6) is 0.0938. The smallest absolute Gasteiger partial charge is 0.412 e. The van der Waals surface area contributed by atoms with Crippen LogP contribution >= 0.6 is 23.5 Å². The second kappa shape index (κ2) is 7.44. The first-order valence-corrected chi connectivity index (χ1v) is 9.69. The van der Waals surface area contributed by atoms with Gasteiger partial charge in [0.25, 0.3) is 0 Å². The molecule has 11 heteroatoms. The standard InChI is InChI=1S/C15H12ClN3O5S2/c1-23-15(20)18-14-17-11-7-6-9(8-12(11)19-25-14)24-26(21,22)13-5-3-2-4-10(13)16/h2-8,19H,1H3,(H,17,18,20). The van der Waals surface area contributed by atoms with Crippen LogP contribution in [0.5, 0.6) is 5.75 Å². The number of nitrogens with zero attached hydrogens (tertiary/aromatic N) is 1. The molecule has 0 saturated carbocycles. The number of alkyl carbamates (subject to hydrolysis) is 1. The molecule has 1 heterocycles. The topological polar surface area (TPSA) is 106 Å². The average molecular weight is 414 g/mol. The number of nitrogens with one attached hydrogen (secondary N) is 2. The predicted molar refractivity (Wildman–Crippen MR) is 99.6 cm³/mol. The van der Waals surface area contributed by atoms with Crippen LogP contribution in [0.2, 0.25) is 5.02 Å². The lowest BCUT2D eigenvalue weighted by Crippen LogP contribution is -2.29. The van der Waals surface area contributed by atoms with E-state index in [-0.39, 0.29) is 15.7 Å². The summed E-state index contributed by atoms with van der Waals surface area (Å²) >= 11 is 6.96. The number of halogens is 1. The number of rotatable bonds is 3. The van der Waals surface area contributed by atoms with E-state index in [1.807, 2.05) is 0 Å². The Balaban J connectivity index is 1.83. The summed E-state index contributed by atoms with van der Waals surface area (Å²) in [6, 6.07) is 10.5. The first-order chi connectivity index (χ1) is 12.4. The Bertz CT molecular complexity index is 995. The summed E-state index contributed by atoms with van der Waals surface area (Å²) in [5.41, 5.74) is 1.02. The molecule has 0 fully saturated rings. The number of amides is 1. The summed E-state index contributed by atoms with van der Waals surface area (Å²) in [4.78, 5) is 15.3. The number of carbonyl (C=O) groups is 1. The molecule has 0 aliphatic carbocycles. The monoisotopic (exact) mass is 413 g/mol. The van der Waals surface area contributed by atoms with Crippen LogP contribution in [0.25, 0.3) is 0 Å². The molecular formula is C15H12ClN3O5S2. The van der Waals surface area contributed by atoms with Gasteiger partial charge < -0.3 is 13.6 Å². The van der Waals surface area contributed by atoms with E-state index in [1.165, 1.54) is 31.4 Å². The maximum Gasteiger partial charge on any atom is 0.412 e. The van der Waals surface area contributed by atoms with Crippen molar-refractivity contribution < 1.29 is 22.1 Å². The van der Waals surface area contributed by atoms with Crippen LogP contribution in [0.4, 0.5) is 16.2 Å². The van der Waals surface area contributed by atoms with Crippen molar-refractivity contribution in [1.29, 1.82) is 0 Å². The van der Waals surface area contributed by atoms with Crippen LogP contribution in [0.15, 0.2) is 52.4 Å². The third kappa shape index (κ3) is 4.03. The van der Waals surface area contributed by atoms with E-state index < -0.39 is 16.2 Å². The normalized spacial score (nSPS) is 13.1. The van der Waals surface area contributed by atoms with Gasteiger partial charge in [0.2, 0.25) is 0 Å². The summed E-state index contributed by atoms with van der Waals surface area (Å²) < 4.78 is 37.3. The van der Waals surface area contributed by atoms with Gasteiger partial charge in [-0.25, -0.2) is 9.79 Å². The lowest BCUT2D eigenvalue weighted by Gasteiger charge is -2.17. The first kappa shape index (κ1) is 18.4. The van der Waals surface area contributed by atoms with Gasteiger partial charge in [0.05, 0.1) is 23.5 Å². The summed E-state index contributed by atoms with van der Waals surface area (Å²) in [6.45, 7) is 0.